The van der Waals surface area contributed by atoms with Gasteiger partial charge in [-0.2, -0.15) is 0 Å². The maximum absolute atomic E-state index is 13.0. The topological polar surface area (TPSA) is 29.5 Å². The van der Waals surface area contributed by atoms with E-state index in [1.54, 1.807) is 12.1 Å². The van der Waals surface area contributed by atoms with Crippen LogP contribution < -0.4 is 4.74 Å². The molecule has 1 atom stereocenters. The van der Waals surface area contributed by atoms with E-state index in [1.807, 2.05) is 32.9 Å². The van der Waals surface area contributed by atoms with Gasteiger partial charge in [0.25, 0.3) is 0 Å². The lowest BCUT2D eigenvalue weighted by Crippen LogP contribution is -2.12. The van der Waals surface area contributed by atoms with E-state index in [4.69, 9.17) is 4.74 Å². The lowest BCUT2D eigenvalue weighted by atomic mass is 9.96. The SMILES string of the molecule is Cc1cc(C)c(C(O)COc2cccc(F)c2)c(C)c1. The number of rotatable bonds is 4. The van der Waals surface area contributed by atoms with Gasteiger partial charge in [-0.25, -0.2) is 4.39 Å². The Morgan fingerprint density at radius 2 is 1.75 bits per heavy atom. The van der Waals surface area contributed by atoms with Crippen LogP contribution in [0.5, 0.6) is 5.75 Å². The fourth-order valence-electron chi connectivity index (χ4n) is 2.53. The van der Waals surface area contributed by atoms with Gasteiger partial charge in [-0.05, 0) is 49.6 Å². The second kappa shape index (κ2) is 6.06. The molecule has 0 saturated carbocycles. The Hall–Kier alpha value is -1.87. The van der Waals surface area contributed by atoms with Gasteiger partial charge in [-0.3, -0.25) is 0 Å². The monoisotopic (exact) mass is 274 g/mol. The molecule has 0 spiro atoms. The van der Waals surface area contributed by atoms with E-state index < -0.39 is 6.10 Å². The van der Waals surface area contributed by atoms with Gasteiger partial charge in [0, 0.05) is 6.07 Å². The predicted octanol–water partition coefficient (Wildman–Crippen LogP) is 3.86. The summed E-state index contributed by atoms with van der Waals surface area (Å²) in [6.07, 6.45) is -0.723. The quantitative estimate of drug-likeness (QED) is 0.917. The maximum Gasteiger partial charge on any atom is 0.126 e. The third-order valence-electron chi connectivity index (χ3n) is 3.28. The van der Waals surface area contributed by atoms with Crippen LogP contribution in [0.25, 0.3) is 0 Å². The summed E-state index contributed by atoms with van der Waals surface area (Å²) in [7, 11) is 0. The summed E-state index contributed by atoms with van der Waals surface area (Å²) in [4.78, 5) is 0. The van der Waals surface area contributed by atoms with E-state index in [-0.39, 0.29) is 12.4 Å². The lowest BCUT2D eigenvalue weighted by Gasteiger charge is -2.18. The molecule has 106 valence electrons. The van der Waals surface area contributed by atoms with Crippen molar-refractivity contribution < 1.29 is 14.2 Å². The van der Waals surface area contributed by atoms with Gasteiger partial charge >= 0.3 is 0 Å². The molecular weight excluding hydrogens is 255 g/mol. The molecule has 0 aliphatic rings. The van der Waals surface area contributed by atoms with Gasteiger partial charge < -0.3 is 9.84 Å². The molecule has 1 N–H and O–H groups in total. The van der Waals surface area contributed by atoms with Gasteiger partial charge in [-0.15, -0.1) is 0 Å². The first-order valence-corrected chi connectivity index (χ1v) is 6.61. The van der Waals surface area contributed by atoms with Crippen molar-refractivity contribution in [1.29, 1.82) is 0 Å². The van der Waals surface area contributed by atoms with Gasteiger partial charge in [0.1, 0.15) is 24.3 Å². The molecule has 2 aromatic rings. The summed E-state index contributed by atoms with van der Waals surface area (Å²) < 4.78 is 18.5. The Morgan fingerprint density at radius 1 is 1.10 bits per heavy atom. The molecule has 0 aliphatic heterocycles. The van der Waals surface area contributed by atoms with Crippen molar-refractivity contribution in [3.8, 4) is 5.75 Å². The molecule has 2 aromatic carbocycles. The summed E-state index contributed by atoms with van der Waals surface area (Å²) in [6.45, 7) is 6.08. The summed E-state index contributed by atoms with van der Waals surface area (Å²) in [6, 6.07) is 9.99. The molecular formula is C17H19FO2. The highest BCUT2D eigenvalue weighted by atomic mass is 19.1. The van der Waals surface area contributed by atoms with Crippen LogP contribution in [0, 0.1) is 26.6 Å². The molecule has 20 heavy (non-hydrogen) atoms. The standard InChI is InChI=1S/C17H19FO2/c1-11-7-12(2)17(13(3)8-11)16(19)10-20-15-6-4-5-14(18)9-15/h4-9,16,19H,10H2,1-3H3. The van der Waals surface area contributed by atoms with E-state index in [0.717, 1.165) is 16.7 Å². The van der Waals surface area contributed by atoms with E-state index in [1.165, 1.54) is 17.7 Å². The molecule has 2 nitrogen and oxygen atoms in total. The fourth-order valence-corrected chi connectivity index (χ4v) is 2.53. The second-order valence-electron chi connectivity index (χ2n) is 5.10. The molecule has 0 saturated heterocycles. The smallest absolute Gasteiger partial charge is 0.126 e. The van der Waals surface area contributed by atoms with Crippen LogP contribution in [0.1, 0.15) is 28.4 Å². The van der Waals surface area contributed by atoms with Crippen LogP contribution in [-0.2, 0) is 0 Å². The third kappa shape index (κ3) is 3.36. The van der Waals surface area contributed by atoms with Crippen molar-refractivity contribution in [2.24, 2.45) is 0 Å². The van der Waals surface area contributed by atoms with Crippen LogP contribution in [0.3, 0.4) is 0 Å². The maximum atomic E-state index is 13.0. The molecule has 1 unspecified atom stereocenters. The number of hydrogen-bond acceptors (Lipinski definition) is 2. The molecule has 0 bridgehead atoms. The molecule has 0 fully saturated rings. The number of hydrogen-bond donors (Lipinski definition) is 1. The highest BCUT2D eigenvalue weighted by Crippen LogP contribution is 2.24. The number of halogens is 1. The van der Waals surface area contributed by atoms with E-state index >= 15 is 0 Å². The highest BCUT2D eigenvalue weighted by molar-refractivity contribution is 5.39. The summed E-state index contributed by atoms with van der Waals surface area (Å²) >= 11 is 0. The second-order valence-corrected chi connectivity index (χ2v) is 5.10. The van der Waals surface area contributed by atoms with E-state index in [2.05, 4.69) is 0 Å². The molecule has 0 amide bonds. The first kappa shape index (κ1) is 14.5. The van der Waals surface area contributed by atoms with Crippen LogP contribution in [-0.4, -0.2) is 11.7 Å². The van der Waals surface area contributed by atoms with Gasteiger partial charge in [-0.1, -0.05) is 23.8 Å². The zero-order valence-electron chi connectivity index (χ0n) is 12.0. The van der Waals surface area contributed by atoms with Crippen molar-refractivity contribution in [2.75, 3.05) is 6.61 Å². The molecule has 0 aliphatic carbocycles. The zero-order valence-corrected chi connectivity index (χ0v) is 12.0. The van der Waals surface area contributed by atoms with E-state index in [0.29, 0.717) is 5.75 Å². The molecule has 2 rings (SSSR count). The molecule has 3 heteroatoms. The van der Waals surface area contributed by atoms with Crippen LogP contribution in [0.2, 0.25) is 0 Å². The zero-order chi connectivity index (χ0) is 14.7. The third-order valence-corrected chi connectivity index (χ3v) is 3.28. The predicted molar refractivity (Wildman–Crippen MR) is 77.5 cm³/mol. The minimum atomic E-state index is -0.723. The number of aliphatic hydroxyl groups excluding tert-OH is 1. The number of aryl methyl sites for hydroxylation is 3. The fraction of sp³-hybridized carbons (Fsp3) is 0.294. The first-order chi connectivity index (χ1) is 9.47. The minimum Gasteiger partial charge on any atom is -0.490 e. The minimum absolute atomic E-state index is 0.105. The molecule has 0 radical (unpaired) electrons. The normalized spacial score (nSPS) is 12.2. The summed E-state index contributed by atoms with van der Waals surface area (Å²) in [5, 5.41) is 10.3. The van der Waals surface area contributed by atoms with Crippen molar-refractivity contribution in [1.82, 2.24) is 0 Å². The van der Waals surface area contributed by atoms with Gasteiger partial charge in [0.15, 0.2) is 0 Å². The van der Waals surface area contributed by atoms with E-state index in [9.17, 15) is 9.50 Å². The lowest BCUT2D eigenvalue weighted by molar-refractivity contribution is 0.107. The van der Waals surface area contributed by atoms with Crippen molar-refractivity contribution >= 4 is 0 Å². The van der Waals surface area contributed by atoms with Crippen LogP contribution in [0.15, 0.2) is 36.4 Å². The number of aliphatic hydroxyl groups is 1. The largest absolute Gasteiger partial charge is 0.490 e. The Morgan fingerprint density at radius 3 is 2.35 bits per heavy atom. The number of ether oxygens (including phenoxy) is 1. The summed E-state index contributed by atoms with van der Waals surface area (Å²) in [5.41, 5.74) is 4.13. The van der Waals surface area contributed by atoms with Gasteiger partial charge in [0.2, 0.25) is 0 Å². The Balaban J connectivity index is 2.11. The first-order valence-electron chi connectivity index (χ1n) is 6.61. The number of benzene rings is 2. The van der Waals surface area contributed by atoms with Crippen LogP contribution in [0.4, 0.5) is 4.39 Å². The van der Waals surface area contributed by atoms with Crippen molar-refractivity contribution in [3.63, 3.8) is 0 Å². The van der Waals surface area contributed by atoms with Crippen molar-refractivity contribution in [2.45, 2.75) is 26.9 Å². The average molecular weight is 274 g/mol. The molecule has 0 aromatic heterocycles. The van der Waals surface area contributed by atoms with Gasteiger partial charge in [0.05, 0.1) is 0 Å². The molecule has 0 heterocycles. The average Bonchev–Trinajstić information content (AvgIpc) is 2.35. The Labute approximate surface area is 118 Å². The summed E-state index contributed by atoms with van der Waals surface area (Å²) in [5.74, 6) is 0.0751. The Bertz CT molecular complexity index is 585. The highest BCUT2D eigenvalue weighted by Gasteiger charge is 2.14. The van der Waals surface area contributed by atoms with Crippen LogP contribution >= 0.6 is 0 Å². The Kier molecular flexibility index (Phi) is 4.40. The van der Waals surface area contributed by atoms with Crippen molar-refractivity contribution in [3.05, 3.63) is 64.5 Å².